The summed E-state index contributed by atoms with van der Waals surface area (Å²) < 4.78 is 16.6. The monoisotopic (exact) mass is 843 g/mol. The van der Waals surface area contributed by atoms with Gasteiger partial charge in [-0.05, 0) is 96.3 Å². The molecular formula is C55H86O6. The molecule has 0 aliphatic rings. The maximum atomic E-state index is 12.8. The van der Waals surface area contributed by atoms with Crippen molar-refractivity contribution in [2.75, 3.05) is 13.2 Å². The Labute approximate surface area is 373 Å². The minimum absolute atomic E-state index is 0.127. The van der Waals surface area contributed by atoms with Gasteiger partial charge in [-0.2, -0.15) is 0 Å². The lowest BCUT2D eigenvalue weighted by molar-refractivity contribution is -0.167. The second-order valence-electron chi connectivity index (χ2n) is 15.4. The summed E-state index contributed by atoms with van der Waals surface area (Å²) >= 11 is 0. The lowest BCUT2D eigenvalue weighted by Gasteiger charge is -2.18. The molecule has 0 aliphatic heterocycles. The summed E-state index contributed by atoms with van der Waals surface area (Å²) in [6.07, 6.45) is 66.2. The number of ether oxygens (including phenoxy) is 3. The van der Waals surface area contributed by atoms with E-state index in [0.29, 0.717) is 12.8 Å². The zero-order valence-corrected chi connectivity index (χ0v) is 38.9. The van der Waals surface area contributed by atoms with Crippen molar-refractivity contribution < 1.29 is 28.6 Å². The van der Waals surface area contributed by atoms with E-state index in [-0.39, 0.29) is 44.0 Å². The SMILES string of the molecule is CC\C=C/C=C\C=C/C=C\C=C/CCCC(=O)OCC(COC(=O)CCCCC/C=C\C/C=C\C/C=C\C/C=C\CC)OC(=O)CCCCC/C=C\CCCCCCCCC. The summed E-state index contributed by atoms with van der Waals surface area (Å²) in [4.78, 5) is 37.8. The largest absolute Gasteiger partial charge is 0.462 e. The van der Waals surface area contributed by atoms with Crippen molar-refractivity contribution in [1.29, 1.82) is 0 Å². The summed E-state index contributed by atoms with van der Waals surface area (Å²) in [6.45, 7) is 6.24. The molecule has 0 amide bonds. The van der Waals surface area contributed by atoms with Gasteiger partial charge in [-0.25, -0.2) is 0 Å². The highest BCUT2D eigenvalue weighted by Crippen LogP contribution is 2.12. The van der Waals surface area contributed by atoms with E-state index >= 15 is 0 Å². The summed E-state index contributed by atoms with van der Waals surface area (Å²) in [5.41, 5.74) is 0. The van der Waals surface area contributed by atoms with Crippen LogP contribution in [0.2, 0.25) is 0 Å². The summed E-state index contributed by atoms with van der Waals surface area (Å²) in [5.74, 6) is -1.06. The number of allylic oxidation sites excluding steroid dienone is 20. The Kier molecular flexibility index (Phi) is 45.1. The van der Waals surface area contributed by atoms with Crippen molar-refractivity contribution in [1.82, 2.24) is 0 Å². The van der Waals surface area contributed by atoms with Crippen LogP contribution in [0.3, 0.4) is 0 Å². The van der Waals surface area contributed by atoms with E-state index in [9.17, 15) is 14.4 Å². The Morgan fingerprint density at radius 3 is 1.26 bits per heavy atom. The first kappa shape index (κ1) is 56.8. The van der Waals surface area contributed by atoms with E-state index in [1.807, 2.05) is 54.7 Å². The second-order valence-corrected chi connectivity index (χ2v) is 15.4. The average Bonchev–Trinajstić information content (AvgIpc) is 3.26. The van der Waals surface area contributed by atoms with E-state index in [2.05, 4.69) is 87.6 Å². The van der Waals surface area contributed by atoms with Crippen LogP contribution in [0.15, 0.2) is 122 Å². The number of carbonyl (C=O) groups excluding carboxylic acids is 3. The third-order valence-corrected chi connectivity index (χ3v) is 9.56. The molecule has 0 aromatic carbocycles. The normalized spacial score (nSPS) is 13.2. The average molecular weight is 843 g/mol. The Morgan fingerprint density at radius 2 is 0.738 bits per heavy atom. The molecule has 0 N–H and O–H groups in total. The van der Waals surface area contributed by atoms with Crippen molar-refractivity contribution >= 4 is 17.9 Å². The fourth-order valence-electron chi connectivity index (χ4n) is 5.98. The van der Waals surface area contributed by atoms with E-state index in [4.69, 9.17) is 14.2 Å². The van der Waals surface area contributed by atoms with Crippen molar-refractivity contribution in [2.24, 2.45) is 0 Å². The molecular weight excluding hydrogens is 757 g/mol. The summed E-state index contributed by atoms with van der Waals surface area (Å²) in [7, 11) is 0. The first-order valence-corrected chi connectivity index (χ1v) is 24.1. The maximum Gasteiger partial charge on any atom is 0.306 e. The minimum Gasteiger partial charge on any atom is -0.462 e. The molecule has 0 fully saturated rings. The van der Waals surface area contributed by atoms with E-state index < -0.39 is 6.10 Å². The second kappa shape index (κ2) is 48.5. The predicted molar refractivity (Wildman–Crippen MR) is 260 cm³/mol. The highest BCUT2D eigenvalue weighted by molar-refractivity contribution is 5.71. The highest BCUT2D eigenvalue weighted by Gasteiger charge is 2.19. The molecule has 6 heteroatoms. The Bertz CT molecular complexity index is 1340. The molecule has 0 aromatic rings. The highest BCUT2D eigenvalue weighted by atomic mass is 16.6. The molecule has 0 radical (unpaired) electrons. The number of unbranched alkanes of at least 4 members (excludes halogenated alkanes) is 14. The van der Waals surface area contributed by atoms with E-state index in [1.165, 1.54) is 44.9 Å². The third-order valence-electron chi connectivity index (χ3n) is 9.56. The van der Waals surface area contributed by atoms with Crippen molar-refractivity contribution in [2.45, 2.75) is 194 Å². The van der Waals surface area contributed by atoms with Crippen LogP contribution >= 0.6 is 0 Å². The minimum atomic E-state index is -0.830. The van der Waals surface area contributed by atoms with Crippen LogP contribution in [0.5, 0.6) is 0 Å². The van der Waals surface area contributed by atoms with Crippen LogP contribution in [0, 0.1) is 0 Å². The molecule has 342 valence electrons. The van der Waals surface area contributed by atoms with Gasteiger partial charge in [0.1, 0.15) is 13.2 Å². The molecule has 0 heterocycles. The van der Waals surface area contributed by atoms with Crippen LogP contribution in [0.1, 0.15) is 188 Å². The number of esters is 3. The zero-order chi connectivity index (χ0) is 44.4. The lowest BCUT2D eigenvalue weighted by atomic mass is 10.1. The first-order valence-electron chi connectivity index (χ1n) is 24.1. The molecule has 0 aromatic heterocycles. The van der Waals surface area contributed by atoms with Crippen LogP contribution in [-0.4, -0.2) is 37.2 Å². The number of hydrogen-bond donors (Lipinski definition) is 0. The van der Waals surface area contributed by atoms with Crippen LogP contribution in [0.4, 0.5) is 0 Å². The molecule has 0 saturated carbocycles. The van der Waals surface area contributed by atoms with Gasteiger partial charge >= 0.3 is 17.9 Å². The summed E-state index contributed by atoms with van der Waals surface area (Å²) in [6, 6.07) is 0. The molecule has 0 saturated heterocycles. The van der Waals surface area contributed by atoms with Crippen LogP contribution in [-0.2, 0) is 28.6 Å². The molecule has 6 nitrogen and oxygen atoms in total. The number of hydrogen-bond acceptors (Lipinski definition) is 6. The van der Waals surface area contributed by atoms with Gasteiger partial charge in [-0.15, -0.1) is 0 Å². The van der Waals surface area contributed by atoms with Gasteiger partial charge in [-0.3, -0.25) is 14.4 Å². The van der Waals surface area contributed by atoms with Crippen molar-refractivity contribution in [3.05, 3.63) is 122 Å². The van der Waals surface area contributed by atoms with Crippen molar-refractivity contribution in [3.8, 4) is 0 Å². The van der Waals surface area contributed by atoms with E-state index in [0.717, 1.165) is 96.3 Å². The van der Waals surface area contributed by atoms with Gasteiger partial charge in [0.15, 0.2) is 6.10 Å². The van der Waals surface area contributed by atoms with Gasteiger partial charge < -0.3 is 14.2 Å². The molecule has 0 aliphatic carbocycles. The molecule has 0 spiro atoms. The van der Waals surface area contributed by atoms with Crippen LogP contribution in [0.25, 0.3) is 0 Å². The Morgan fingerprint density at radius 1 is 0.361 bits per heavy atom. The number of rotatable bonds is 41. The van der Waals surface area contributed by atoms with Crippen LogP contribution < -0.4 is 0 Å². The first-order chi connectivity index (χ1) is 30.0. The summed E-state index contributed by atoms with van der Waals surface area (Å²) in [5, 5.41) is 0. The smallest absolute Gasteiger partial charge is 0.306 e. The Balaban J connectivity index is 4.59. The molecule has 0 rings (SSSR count). The third kappa shape index (κ3) is 46.7. The fourth-order valence-corrected chi connectivity index (χ4v) is 5.98. The number of carbonyl (C=O) groups is 3. The Hall–Kier alpha value is -4.19. The van der Waals surface area contributed by atoms with Crippen molar-refractivity contribution in [3.63, 3.8) is 0 Å². The fraction of sp³-hybridized carbons (Fsp3) is 0.582. The van der Waals surface area contributed by atoms with Gasteiger partial charge in [0.05, 0.1) is 0 Å². The van der Waals surface area contributed by atoms with E-state index in [1.54, 1.807) is 0 Å². The molecule has 1 atom stereocenters. The molecule has 0 bridgehead atoms. The topological polar surface area (TPSA) is 78.9 Å². The maximum absolute atomic E-state index is 12.8. The quantitative estimate of drug-likeness (QED) is 0.0201. The molecule has 61 heavy (non-hydrogen) atoms. The zero-order valence-electron chi connectivity index (χ0n) is 38.9. The standard InChI is InChI=1S/C55H86O6/c1-4-7-10-13-16-19-22-25-27-28-31-33-36-39-42-45-48-54(57)60-51-52(50-59-53(56)47-44-41-38-35-32-29-24-21-18-15-12-9-6-3)61-55(58)49-46-43-40-37-34-30-26-23-20-17-14-11-8-5-2/h7,9-10,12,15-16,18-19,21,24-25,27,29-35,38,52H,4-6,8,11,13-14,17,20,22-23,26,28,36-37,39-51H2,1-3H3/b10-7-,12-9-,18-15-,19-16-,24-21-,27-25-,32-29-,33-31-,34-30-,38-35-. The molecule has 1 unspecified atom stereocenters. The van der Waals surface area contributed by atoms with Gasteiger partial charge in [-0.1, -0.05) is 194 Å². The van der Waals surface area contributed by atoms with Gasteiger partial charge in [0.25, 0.3) is 0 Å². The van der Waals surface area contributed by atoms with Gasteiger partial charge in [0.2, 0.25) is 0 Å². The lowest BCUT2D eigenvalue weighted by Crippen LogP contribution is -2.30. The predicted octanol–water partition coefficient (Wildman–Crippen LogP) is 15.7. The van der Waals surface area contributed by atoms with Gasteiger partial charge in [0, 0.05) is 19.3 Å².